The zero-order valence-corrected chi connectivity index (χ0v) is 14.6. The normalized spacial score (nSPS) is 10.6. The number of ketones is 1. The van der Waals surface area contributed by atoms with E-state index in [1.165, 1.54) is 4.68 Å². The number of Topliss-reactive ketones (excluding diaryl/α,β-unsaturated/α-hetero) is 1. The topological polar surface area (TPSA) is 47.8 Å². The molecule has 0 aliphatic heterocycles. The van der Waals surface area contributed by atoms with Crippen molar-refractivity contribution < 1.29 is 4.79 Å². The van der Waals surface area contributed by atoms with Crippen LogP contribution in [-0.2, 0) is 6.54 Å². The molecule has 0 bridgehead atoms. The Hall–Kier alpha value is -1.79. The molecule has 0 unspecified atom stereocenters. The van der Waals surface area contributed by atoms with Crippen molar-refractivity contribution in [1.29, 1.82) is 0 Å². The van der Waals surface area contributed by atoms with Crippen molar-refractivity contribution in [2.75, 3.05) is 0 Å². The fourth-order valence-electron chi connectivity index (χ4n) is 2.10. The van der Waals surface area contributed by atoms with Gasteiger partial charge in [-0.25, -0.2) is 4.68 Å². The van der Waals surface area contributed by atoms with Crippen molar-refractivity contribution >= 4 is 37.6 Å². The number of hydrogen-bond donors (Lipinski definition) is 0. The zero-order valence-electron chi connectivity index (χ0n) is 11.4. The second kappa shape index (κ2) is 6.54. The first-order valence-electron chi connectivity index (χ1n) is 6.58. The van der Waals surface area contributed by atoms with Gasteiger partial charge in [-0.1, -0.05) is 54.6 Å². The number of benzene rings is 2. The lowest BCUT2D eigenvalue weighted by Gasteiger charge is -2.05. The Labute approximate surface area is 144 Å². The molecule has 0 aliphatic carbocycles. The maximum absolute atomic E-state index is 12.3. The molecule has 4 nitrogen and oxygen atoms in total. The van der Waals surface area contributed by atoms with Crippen LogP contribution in [-0.4, -0.2) is 20.5 Å². The van der Waals surface area contributed by atoms with Crippen LogP contribution in [0.4, 0.5) is 0 Å². The van der Waals surface area contributed by atoms with Crippen LogP contribution in [0.25, 0.3) is 11.1 Å². The summed E-state index contributed by atoms with van der Waals surface area (Å²) in [6.45, 7) is 0.143. The molecule has 3 rings (SSSR count). The quantitative estimate of drug-likeness (QED) is 0.589. The third-order valence-corrected chi connectivity index (χ3v) is 4.13. The SMILES string of the molecule is O=C(Cn1nc(Br)nc1Br)c1ccc(-c2ccccc2)cc1. The van der Waals surface area contributed by atoms with Gasteiger partial charge in [0.15, 0.2) is 10.5 Å². The van der Waals surface area contributed by atoms with E-state index in [-0.39, 0.29) is 12.3 Å². The number of carbonyl (C=O) groups excluding carboxylic acids is 1. The summed E-state index contributed by atoms with van der Waals surface area (Å²) in [5, 5.41) is 4.10. The van der Waals surface area contributed by atoms with Crippen molar-refractivity contribution in [3.8, 4) is 11.1 Å². The zero-order chi connectivity index (χ0) is 15.5. The summed E-state index contributed by atoms with van der Waals surface area (Å²) >= 11 is 6.45. The van der Waals surface area contributed by atoms with E-state index in [0.717, 1.165) is 11.1 Å². The molecule has 0 N–H and O–H groups in total. The van der Waals surface area contributed by atoms with E-state index in [0.29, 0.717) is 15.0 Å². The van der Waals surface area contributed by atoms with E-state index in [1.807, 2.05) is 54.6 Å². The summed E-state index contributed by atoms with van der Waals surface area (Å²) in [4.78, 5) is 16.3. The van der Waals surface area contributed by atoms with Crippen LogP contribution < -0.4 is 0 Å². The molecule has 0 amide bonds. The van der Waals surface area contributed by atoms with Gasteiger partial charge in [0.05, 0.1) is 0 Å². The summed E-state index contributed by atoms with van der Waals surface area (Å²) in [6, 6.07) is 17.6. The van der Waals surface area contributed by atoms with Crippen LogP contribution in [0.5, 0.6) is 0 Å². The van der Waals surface area contributed by atoms with Gasteiger partial charge in [0.25, 0.3) is 0 Å². The molecule has 0 radical (unpaired) electrons. The molecule has 0 atom stereocenters. The lowest BCUT2D eigenvalue weighted by atomic mass is 10.0. The van der Waals surface area contributed by atoms with Crippen molar-refractivity contribution in [2.45, 2.75) is 6.54 Å². The average Bonchev–Trinajstić information content (AvgIpc) is 2.86. The highest BCUT2D eigenvalue weighted by Crippen LogP contribution is 2.20. The monoisotopic (exact) mass is 419 g/mol. The van der Waals surface area contributed by atoms with E-state index in [2.05, 4.69) is 41.9 Å². The Morgan fingerprint density at radius 2 is 1.59 bits per heavy atom. The minimum atomic E-state index is -0.0160. The van der Waals surface area contributed by atoms with Gasteiger partial charge in [0, 0.05) is 5.56 Å². The van der Waals surface area contributed by atoms with E-state index in [4.69, 9.17) is 0 Å². The van der Waals surface area contributed by atoms with Crippen molar-refractivity contribution in [3.63, 3.8) is 0 Å². The number of nitrogens with zero attached hydrogens (tertiary/aromatic N) is 3. The van der Waals surface area contributed by atoms with Crippen LogP contribution in [0.1, 0.15) is 10.4 Å². The van der Waals surface area contributed by atoms with Crippen molar-refractivity contribution in [2.24, 2.45) is 0 Å². The summed E-state index contributed by atoms with van der Waals surface area (Å²) < 4.78 is 2.48. The Balaban J connectivity index is 1.78. The van der Waals surface area contributed by atoms with Gasteiger partial charge in [-0.2, -0.15) is 4.98 Å². The third kappa shape index (κ3) is 3.34. The van der Waals surface area contributed by atoms with Gasteiger partial charge in [-0.05, 0) is 43.0 Å². The average molecular weight is 421 g/mol. The molecule has 1 heterocycles. The van der Waals surface area contributed by atoms with Crippen molar-refractivity contribution in [3.05, 3.63) is 69.6 Å². The van der Waals surface area contributed by atoms with Gasteiger partial charge in [0.2, 0.25) is 4.73 Å². The van der Waals surface area contributed by atoms with Crippen LogP contribution in [0, 0.1) is 0 Å². The van der Waals surface area contributed by atoms with Crippen LogP contribution in [0.3, 0.4) is 0 Å². The van der Waals surface area contributed by atoms with E-state index < -0.39 is 0 Å². The van der Waals surface area contributed by atoms with Crippen LogP contribution in [0.2, 0.25) is 0 Å². The first kappa shape index (κ1) is 15.1. The summed E-state index contributed by atoms with van der Waals surface area (Å²) in [7, 11) is 0. The highest BCUT2D eigenvalue weighted by Gasteiger charge is 2.12. The Morgan fingerprint density at radius 3 is 2.18 bits per heavy atom. The third-order valence-electron chi connectivity index (χ3n) is 3.21. The summed E-state index contributed by atoms with van der Waals surface area (Å²) in [5.74, 6) is -0.0160. The molecule has 0 saturated heterocycles. The van der Waals surface area contributed by atoms with Crippen LogP contribution >= 0.6 is 31.9 Å². The van der Waals surface area contributed by atoms with E-state index >= 15 is 0 Å². The highest BCUT2D eigenvalue weighted by atomic mass is 79.9. The molecular formula is C16H11Br2N3O. The van der Waals surface area contributed by atoms with Gasteiger partial charge >= 0.3 is 0 Å². The molecule has 3 aromatic rings. The van der Waals surface area contributed by atoms with Gasteiger partial charge in [-0.15, -0.1) is 5.10 Å². The molecule has 22 heavy (non-hydrogen) atoms. The van der Waals surface area contributed by atoms with Crippen molar-refractivity contribution in [1.82, 2.24) is 14.8 Å². The fourth-order valence-corrected chi connectivity index (χ4v) is 3.07. The van der Waals surface area contributed by atoms with Gasteiger partial charge in [0.1, 0.15) is 6.54 Å². The molecule has 0 saturated carbocycles. The second-order valence-electron chi connectivity index (χ2n) is 4.67. The Morgan fingerprint density at radius 1 is 0.955 bits per heavy atom. The predicted octanol–water partition coefficient (Wildman–Crippen LogP) is 4.35. The van der Waals surface area contributed by atoms with E-state index in [1.54, 1.807) is 0 Å². The maximum Gasteiger partial charge on any atom is 0.218 e. The first-order chi connectivity index (χ1) is 10.6. The molecule has 1 aromatic heterocycles. The predicted molar refractivity (Wildman–Crippen MR) is 91.6 cm³/mol. The van der Waals surface area contributed by atoms with Gasteiger partial charge in [-0.3, -0.25) is 4.79 Å². The molecule has 6 heteroatoms. The minimum Gasteiger partial charge on any atom is -0.292 e. The number of carbonyl (C=O) groups is 1. The number of hydrogen-bond acceptors (Lipinski definition) is 3. The standard InChI is InChI=1S/C16H11Br2N3O/c17-15-19-16(18)21(20-15)10-14(22)13-8-6-12(7-9-13)11-4-2-1-3-5-11/h1-9H,10H2. The molecule has 110 valence electrons. The smallest absolute Gasteiger partial charge is 0.218 e. The highest BCUT2D eigenvalue weighted by molar-refractivity contribution is 9.11. The minimum absolute atomic E-state index is 0.0160. The number of halogens is 2. The largest absolute Gasteiger partial charge is 0.292 e. The van der Waals surface area contributed by atoms with Crippen LogP contribution in [0.15, 0.2) is 64.1 Å². The molecule has 0 spiro atoms. The van der Waals surface area contributed by atoms with Gasteiger partial charge < -0.3 is 0 Å². The number of rotatable bonds is 4. The molecule has 0 fully saturated rings. The summed E-state index contributed by atoms with van der Waals surface area (Å²) in [5.41, 5.74) is 2.87. The fraction of sp³-hybridized carbons (Fsp3) is 0.0625. The molecular weight excluding hydrogens is 410 g/mol. The maximum atomic E-state index is 12.3. The summed E-state index contributed by atoms with van der Waals surface area (Å²) in [6.07, 6.45) is 0. The lowest BCUT2D eigenvalue weighted by Crippen LogP contribution is -2.12. The Bertz CT molecular complexity index is 798. The Kier molecular flexibility index (Phi) is 4.49. The second-order valence-corrected chi connectivity index (χ2v) is 6.09. The number of aromatic nitrogens is 3. The van der Waals surface area contributed by atoms with E-state index in [9.17, 15) is 4.79 Å². The first-order valence-corrected chi connectivity index (χ1v) is 8.16. The molecule has 0 aliphatic rings. The lowest BCUT2D eigenvalue weighted by molar-refractivity contribution is 0.0966. The molecule has 2 aromatic carbocycles.